The molecule has 0 saturated carbocycles. The number of para-hydroxylation sites is 1. The van der Waals surface area contributed by atoms with Crippen molar-refractivity contribution in [2.24, 2.45) is 0 Å². The topological polar surface area (TPSA) is 47.2 Å². The smallest absolute Gasteiger partial charge is 0.399 e. The molecule has 10 aromatic carbocycles. The summed E-state index contributed by atoms with van der Waals surface area (Å²) in [6.07, 6.45) is 0. The molecule has 1 aromatic heterocycles. The molecule has 1 aliphatic heterocycles. The lowest BCUT2D eigenvalue weighted by Crippen LogP contribution is -2.41. The van der Waals surface area contributed by atoms with E-state index in [2.05, 4.69) is 212 Å². The fourth-order valence-corrected chi connectivity index (χ4v) is 9.91. The summed E-state index contributed by atoms with van der Waals surface area (Å²) in [6, 6.07) is 71.1. The number of benzene rings is 10. The van der Waals surface area contributed by atoms with Crippen molar-refractivity contribution in [3.63, 3.8) is 0 Å². The number of hydrogen-bond donors (Lipinski definition) is 0. The highest BCUT2D eigenvalue weighted by Crippen LogP contribution is 2.45. The summed E-state index contributed by atoms with van der Waals surface area (Å²) < 4.78 is 15.9. The summed E-state index contributed by atoms with van der Waals surface area (Å²) >= 11 is 3.76. The average Bonchev–Trinajstić information content (AvgIpc) is 3.77. The van der Waals surface area contributed by atoms with Gasteiger partial charge in [0.25, 0.3) is 0 Å². The van der Waals surface area contributed by atoms with Gasteiger partial charge in [-0.2, -0.15) is 5.26 Å². The molecule has 0 spiro atoms. The van der Waals surface area contributed by atoms with Crippen LogP contribution in [0.3, 0.4) is 0 Å². The Labute approximate surface area is 387 Å². The molecule has 1 fully saturated rings. The lowest BCUT2D eigenvalue weighted by molar-refractivity contribution is 0.00578. The number of nitriles is 1. The zero-order valence-corrected chi connectivity index (χ0v) is 38.2. The van der Waals surface area contributed by atoms with E-state index >= 15 is 0 Å². The van der Waals surface area contributed by atoms with Crippen molar-refractivity contribution in [2.45, 2.75) is 38.9 Å². The van der Waals surface area contributed by atoms with Crippen LogP contribution in [-0.2, 0) is 9.31 Å². The minimum Gasteiger partial charge on any atom is -0.399 e. The molecule has 4 nitrogen and oxygen atoms in total. The highest BCUT2D eigenvalue weighted by atomic mass is 79.9. The average molecular weight is 904 g/mol. The Morgan fingerprint density at radius 3 is 1.57 bits per heavy atom. The number of fused-ring (bicyclic) bond motifs is 7. The third-order valence-electron chi connectivity index (χ3n) is 13.5. The van der Waals surface area contributed by atoms with Gasteiger partial charge in [-0.15, -0.1) is 0 Å². The molecule has 0 amide bonds. The molecule has 6 heteroatoms. The summed E-state index contributed by atoms with van der Waals surface area (Å²) in [6.45, 7) is 8.25. The predicted molar refractivity (Wildman–Crippen MR) is 276 cm³/mol. The summed E-state index contributed by atoms with van der Waals surface area (Å²) in [7, 11) is -0.423. The van der Waals surface area contributed by atoms with Crippen LogP contribution in [0.5, 0.6) is 0 Å². The van der Waals surface area contributed by atoms with E-state index < -0.39 is 18.3 Å². The largest absolute Gasteiger partial charge is 0.494 e. The molecule has 312 valence electrons. The van der Waals surface area contributed by atoms with Gasteiger partial charge in [-0.25, -0.2) is 0 Å². The van der Waals surface area contributed by atoms with E-state index in [4.69, 9.17) is 9.31 Å². The minimum atomic E-state index is -0.423. The van der Waals surface area contributed by atoms with Crippen LogP contribution in [0.15, 0.2) is 199 Å². The van der Waals surface area contributed by atoms with Crippen LogP contribution in [-0.4, -0.2) is 22.9 Å². The molecule has 0 bridgehead atoms. The van der Waals surface area contributed by atoms with E-state index in [1.54, 1.807) is 0 Å². The van der Waals surface area contributed by atoms with Crippen LogP contribution < -0.4 is 5.46 Å². The molecular weight excluding hydrogens is 859 g/mol. The molecule has 11 aromatic rings. The Morgan fingerprint density at radius 1 is 0.462 bits per heavy atom. The van der Waals surface area contributed by atoms with Gasteiger partial charge in [0.05, 0.1) is 33.9 Å². The third-order valence-corrected chi connectivity index (χ3v) is 14.0. The van der Waals surface area contributed by atoms with Gasteiger partial charge in [-0.1, -0.05) is 149 Å². The van der Waals surface area contributed by atoms with E-state index in [-0.39, 0.29) is 0 Å². The van der Waals surface area contributed by atoms with Crippen molar-refractivity contribution < 1.29 is 9.31 Å². The third kappa shape index (κ3) is 7.08. The SMILES string of the molecule is Brc1ccc2c(-c3ccc4ccccc4c3)c3ccccc3c(-c3ccc4ccccc4c3)c2c1.CC1(C)OB(c2ccc3c(c2)c2cc(C#N)ccc2n3-c2ccccc2)OC1(C)C. The van der Waals surface area contributed by atoms with Gasteiger partial charge in [-0.05, 0) is 159 Å². The van der Waals surface area contributed by atoms with Gasteiger partial charge >= 0.3 is 7.12 Å². The fourth-order valence-electron chi connectivity index (χ4n) is 9.55. The molecule has 2 heterocycles. The predicted octanol–water partition coefficient (Wildman–Crippen LogP) is 15.4. The van der Waals surface area contributed by atoms with E-state index in [0.717, 1.165) is 37.4 Å². The van der Waals surface area contributed by atoms with Gasteiger partial charge in [-0.3, -0.25) is 0 Å². The lowest BCUT2D eigenvalue weighted by Gasteiger charge is -2.32. The summed E-state index contributed by atoms with van der Waals surface area (Å²) in [4.78, 5) is 0. The van der Waals surface area contributed by atoms with Crippen molar-refractivity contribution >= 4 is 93.4 Å². The van der Waals surface area contributed by atoms with Crippen molar-refractivity contribution in [3.05, 3.63) is 204 Å². The first-order valence-corrected chi connectivity index (χ1v) is 22.9. The standard InChI is InChI=1S/C34H21Br.C25H23BN2O2/c35-28-17-18-31-32(21-28)34(27-16-14-23-8-2-4-10-25(23)20-27)30-12-6-5-11-29(30)33(31)26-15-13-22-7-1-3-9-24(22)19-26;1-24(2)25(3,4)30-26(29-24)18-11-13-23-21(15-18)20-14-17(16-27)10-12-22(20)28(23)19-8-6-5-7-9-19/h1-21H;5-15H,1-4H3. The lowest BCUT2D eigenvalue weighted by atomic mass is 9.78. The maximum absolute atomic E-state index is 9.44. The normalized spacial score (nSPS) is 14.3. The highest BCUT2D eigenvalue weighted by molar-refractivity contribution is 9.10. The Hall–Kier alpha value is -7.01. The van der Waals surface area contributed by atoms with Crippen LogP contribution in [0.2, 0.25) is 0 Å². The zero-order valence-electron chi connectivity index (χ0n) is 36.6. The number of halogens is 1. The summed E-state index contributed by atoms with van der Waals surface area (Å²) in [5.41, 5.74) is 9.16. The van der Waals surface area contributed by atoms with Crippen molar-refractivity contribution in [3.8, 4) is 34.0 Å². The van der Waals surface area contributed by atoms with E-state index in [1.165, 1.54) is 65.3 Å². The van der Waals surface area contributed by atoms with Crippen LogP contribution in [0.1, 0.15) is 33.3 Å². The molecule has 0 aliphatic carbocycles. The Kier molecular flexibility index (Phi) is 9.97. The molecule has 0 unspecified atom stereocenters. The summed E-state index contributed by atoms with van der Waals surface area (Å²) in [5, 5.41) is 21.7. The Balaban J connectivity index is 0.000000146. The zero-order chi connectivity index (χ0) is 44.5. The van der Waals surface area contributed by atoms with E-state index in [9.17, 15) is 5.26 Å². The van der Waals surface area contributed by atoms with Gasteiger partial charge in [0.2, 0.25) is 0 Å². The number of hydrogen-bond acceptors (Lipinski definition) is 3. The fraction of sp³-hybridized carbons (Fsp3) is 0.102. The second-order valence-corrected chi connectivity index (χ2v) is 18.9. The first-order valence-electron chi connectivity index (χ1n) is 22.1. The molecule has 65 heavy (non-hydrogen) atoms. The van der Waals surface area contributed by atoms with Crippen LogP contribution in [0, 0.1) is 11.3 Å². The number of aromatic nitrogens is 1. The van der Waals surface area contributed by atoms with Crippen molar-refractivity contribution in [1.82, 2.24) is 4.57 Å². The highest BCUT2D eigenvalue weighted by Gasteiger charge is 2.51. The van der Waals surface area contributed by atoms with Gasteiger partial charge in [0, 0.05) is 20.9 Å². The molecule has 0 radical (unpaired) electrons. The second-order valence-electron chi connectivity index (χ2n) is 18.0. The first-order chi connectivity index (χ1) is 31.6. The molecular formula is C59H44BBrN2O2. The van der Waals surface area contributed by atoms with Gasteiger partial charge in [0.15, 0.2) is 0 Å². The molecule has 1 saturated heterocycles. The monoisotopic (exact) mass is 902 g/mol. The quantitative estimate of drug-likeness (QED) is 0.131. The van der Waals surface area contributed by atoms with Crippen LogP contribution in [0.4, 0.5) is 0 Å². The maximum atomic E-state index is 9.44. The summed E-state index contributed by atoms with van der Waals surface area (Å²) in [5.74, 6) is 0. The first kappa shape index (κ1) is 40.7. The van der Waals surface area contributed by atoms with Crippen LogP contribution in [0.25, 0.3) is 92.8 Å². The van der Waals surface area contributed by atoms with Crippen LogP contribution >= 0.6 is 15.9 Å². The van der Waals surface area contributed by atoms with E-state index in [0.29, 0.717) is 5.56 Å². The maximum Gasteiger partial charge on any atom is 0.494 e. The van der Waals surface area contributed by atoms with Gasteiger partial charge < -0.3 is 13.9 Å². The second kappa shape index (κ2) is 15.9. The minimum absolute atomic E-state index is 0.390. The van der Waals surface area contributed by atoms with Gasteiger partial charge in [0.1, 0.15) is 0 Å². The molecule has 1 aliphatic rings. The Morgan fingerprint density at radius 2 is 0.969 bits per heavy atom. The van der Waals surface area contributed by atoms with Crippen molar-refractivity contribution in [2.75, 3.05) is 0 Å². The van der Waals surface area contributed by atoms with E-state index in [1.807, 2.05) is 36.4 Å². The molecule has 0 N–H and O–H groups in total. The van der Waals surface area contributed by atoms with Crippen molar-refractivity contribution in [1.29, 1.82) is 5.26 Å². The molecule has 12 rings (SSSR count). The number of nitrogens with zero attached hydrogens (tertiary/aromatic N) is 2. The molecule has 0 atom stereocenters. The Bertz CT molecular complexity index is 3700. The number of rotatable bonds is 4.